The van der Waals surface area contributed by atoms with Crippen molar-refractivity contribution in [2.45, 2.75) is 26.7 Å². The summed E-state index contributed by atoms with van der Waals surface area (Å²) in [6.45, 7) is 5.97. The van der Waals surface area contributed by atoms with E-state index in [0.717, 1.165) is 11.1 Å². The quantitative estimate of drug-likeness (QED) is 0.598. The molecule has 0 aliphatic heterocycles. The first-order chi connectivity index (χ1) is 12.9. The van der Waals surface area contributed by atoms with E-state index in [2.05, 4.69) is 10.6 Å². The summed E-state index contributed by atoms with van der Waals surface area (Å²) in [6.07, 6.45) is 0. The molecular formula is C22H22N2O3. The van der Waals surface area contributed by atoms with Crippen LogP contribution >= 0.6 is 0 Å². The van der Waals surface area contributed by atoms with Crippen LogP contribution in [0.15, 0.2) is 54.6 Å². The largest absolute Gasteiger partial charge is 0.507 e. The number of nitrogens with one attached hydrogen (secondary N) is 2. The molecule has 0 bridgehead atoms. The smallest absolute Gasteiger partial charge is 0.314 e. The predicted octanol–water partition coefficient (Wildman–Crippen LogP) is 4.55. The molecule has 0 atom stereocenters. The maximum atomic E-state index is 12.5. The standard InChI is InChI=1S/C22H22N2O3/c1-13(2)15-8-4-7-14(3)20(15)24-22(27)21(26)23-18-11-5-10-17-16(18)9-6-12-19(17)25/h4-13,25H,1-3H3,(H,23,26)(H,24,27). The molecule has 0 radical (unpaired) electrons. The highest BCUT2D eigenvalue weighted by atomic mass is 16.3. The molecule has 2 amide bonds. The fraction of sp³-hybridized carbons (Fsp3) is 0.182. The normalized spacial score (nSPS) is 10.8. The lowest BCUT2D eigenvalue weighted by atomic mass is 9.98. The summed E-state index contributed by atoms with van der Waals surface area (Å²) < 4.78 is 0. The van der Waals surface area contributed by atoms with E-state index in [1.165, 1.54) is 0 Å². The van der Waals surface area contributed by atoms with Crippen LogP contribution in [0.5, 0.6) is 5.75 Å². The van der Waals surface area contributed by atoms with E-state index in [-0.39, 0.29) is 11.7 Å². The van der Waals surface area contributed by atoms with Gasteiger partial charge in [-0.05, 0) is 36.1 Å². The van der Waals surface area contributed by atoms with E-state index >= 15 is 0 Å². The van der Waals surface area contributed by atoms with Gasteiger partial charge in [0.05, 0.1) is 0 Å². The Bertz CT molecular complexity index is 1030. The van der Waals surface area contributed by atoms with Crippen LogP contribution in [0.25, 0.3) is 10.8 Å². The van der Waals surface area contributed by atoms with Crippen molar-refractivity contribution in [1.82, 2.24) is 0 Å². The summed E-state index contributed by atoms with van der Waals surface area (Å²) in [4.78, 5) is 24.9. The zero-order valence-corrected chi connectivity index (χ0v) is 15.5. The number of aromatic hydroxyl groups is 1. The molecule has 3 N–H and O–H groups in total. The third-order valence-corrected chi connectivity index (χ3v) is 4.52. The Hall–Kier alpha value is -3.34. The molecule has 5 heteroatoms. The summed E-state index contributed by atoms with van der Waals surface area (Å²) >= 11 is 0. The van der Waals surface area contributed by atoms with E-state index in [0.29, 0.717) is 22.1 Å². The fourth-order valence-electron chi connectivity index (χ4n) is 3.09. The Morgan fingerprint density at radius 3 is 2.22 bits per heavy atom. The number of carbonyl (C=O) groups excluding carboxylic acids is 2. The molecule has 0 fully saturated rings. The van der Waals surface area contributed by atoms with Gasteiger partial charge in [-0.2, -0.15) is 0 Å². The van der Waals surface area contributed by atoms with Crippen LogP contribution in [0.3, 0.4) is 0 Å². The van der Waals surface area contributed by atoms with Crippen LogP contribution in [-0.2, 0) is 9.59 Å². The molecule has 3 aromatic rings. The number of phenolic OH excluding ortho intramolecular Hbond substituents is 1. The Kier molecular flexibility index (Phi) is 5.12. The van der Waals surface area contributed by atoms with Gasteiger partial charge in [0.2, 0.25) is 0 Å². The molecule has 0 aliphatic carbocycles. The molecule has 0 spiro atoms. The van der Waals surface area contributed by atoms with Crippen LogP contribution in [-0.4, -0.2) is 16.9 Å². The highest BCUT2D eigenvalue weighted by Gasteiger charge is 2.19. The van der Waals surface area contributed by atoms with Crippen LogP contribution in [0, 0.1) is 6.92 Å². The van der Waals surface area contributed by atoms with E-state index in [1.807, 2.05) is 39.0 Å². The Morgan fingerprint density at radius 2 is 1.48 bits per heavy atom. The second-order valence-corrected chi connectivity index (χ2v) is 6.78. The van der Waals surface area contributed by atoms with Gasteiger partial charge in [-0.3, -0.25) is 9.59 Å². The summed E-state index contributed by atoms with van der Waals surface area (Å²) in [5, 5.41) is 16.6. The molecule has 3 rings (SSSR count). The van der Waals surface area contributed by atoms with Crippen molar-refractivity contribution in [2.24, 2.45) is 0 Å². The summed E-state index contributed by atoms with van der Waals surface area (Å²) in [7, 11) is 0. The lowest BCUT2D eigenvalue weighted by Crippen LogP contribution is -2.30. The number of anilines is 2. The second kappa shape index (κ2) is 7.50. The topological polar surface area (TPSA) is 78.4 Å². The lowest BCUT2D eigenvalue weighted by molar-refractivity contribution is -0.132. The number of hydrogen-bond donors (Lipinski definition) is 3. The highest BCUT2D eigenvalue weighted by Crippen LogP contribution is 2.30. The number of carbonyl (C=O) groups is 2. The predicted molar refractivity (Wildman–Crippen MR) is 108 cm³/mol. The summed E-state index contributed by atoms with van der Waals surface area (Å²) in [5.74, 6) is -1.16. The van der Waals surface area contributed by atoms with Crippen molar-refractivity contribution in [1.29, 1.82) is 0 Å². The number of benzene rings is 3. The highest BCUT2D eigenvalue weighted by molar-refractivity contribution is 6.44. The van der Waals surface area contributed by atoms with Crippen molar-refractivity contribution in [3.63, 3.8) is 0 Å². The van der Waals surface area contributed by atoms with Crippen molar-refractivity contribution >= 4 is 34.0 Å². The van der Waals surface area contributed by atoms with Gasteiger partial charge in [0, 0.05) is 22.1 Å². The molecular weight excluding hydrogens is 340 g/mol. The van der Waals surface area contributed by atoms with Gasteiger partial charge in [0.25, 0.3) is 0 Å². The molecule has 3 aromatic carbocycles. The van der Waals surface area contributed by atoms with Crippen LogP contribution in [0.4, 0.5) is 11.4 Å². The number of amides is 2. The van der Waals surface area contributed by atoms with Gasteiger partial charge in [-0.25, -0.2) is 0 Å². The second-order valence-electron chi connectivity index (χ2n) is 6.78. The lowest BCUT2D eigenvalue weighted by Gasteiger charge is -2.16. The number of hydrogen-bond acceptors (Lipinski definition) is 3. The number of aryl methyl sites for hydroxylation is 1. The maximum absolute atomic E-state index is 12.5. The zero-order valence-electron chi connectivity index (χ0n) is 15.5. The Morgan fingerprint density at radius 1 is 0.852 bits per heavy atom. The molecule has 0 aromatic heterocycles. The molecule has 0 unspecified atom stereocenters. The first-order valence-corrected chi connectivity index (χ1v) is 8.81. The van der Waals surface area contributed by atoms with Gasteiger partial charge in [0.15, 0.2) is 0 Å². The molecule has 0 aliphatic rings. The maximum Gasteiger partial charge on any atom is 0.314 e. The van der Waals surface area contributed by atoms with Gasteiger partial charge in [0.1, 0.15) is 5.75 Å². The number of fused-ring (bicyclic) bond motifs is 1. The van der Waals surface area contributed by atoms with Gasteiger partial charge < -0.3 is 15.7 Å². The summed E-state index contributed by atoms with van der Waals surface area (Å²) in [5.41, 5.74) is 3.02. The monoisotopic (exact) mass is 362 g/mol. The Labute approximate surface area is 158 Å². The number of rotatable bonds is 3. The van der Waals surface area contributed by atoms with E-state index in [4.69, 9.17) is 0 Å². The Balaban J connectivity index is 1.84. The number of phenols is 1. The van der Waals surface area contributed by atoms with Gasteiger partial charge in [-0.15, -0.1) is 0 Å². The molecule has 0 saturated heterocycles. The average molecular weight is 362 g/mol. The molecule has 0 saturated carbocycles. The SMILES string of the molecule is Cc1cccc(C(C)C)c1NC(=O)C(=O)Nc1cccc2c(O)cccc12. The third kappa shape index (κ3) is 3.77. The van der Waals surface area contributed by atoms with E-state index in [1.54, 1.807) is 36.4 Å². The van der Waals surface area contributed by atoms with Crippen molar-refractivity contribution in [3.8, 4) is 5.75 Å². The molecule has 138 valence electrons. The molecule has 5 nitrogen and oxygen atoms in total. The van der Waals surface area contributed by atoms with Crippen molar-refractivity contribution < 1.29 is 14.7 Å². The van der Waals surface area contributed by atoms with Crippen LogP contribution in [0.2, 0.25) is 0 Å². The minimum absolute atomic E-state index is 0.120. The fourth-order valence-corrected chi connectivity index (χ4v) is 3.09. The van der Waals surface area contributed by atoms with E-state index in [9.17, 15) is 14.7 Å². The van der Waals surface area contributed by atoms with Crippen molar-refractivity contribution in [3.05, 3.63) is 65.7 Å². The average Bonchev–Trinajstić information content (AvgIpc) is 2.64. The minimum atomic E-state index is -0.760. The zero-order chi connectivity index (χ0) is 19.6. The first kappa shape index (κ1) is 18.5. The molecule has 0 heterocycles. The van der Waals surface area contributed by atoms with Gasteiger partial charge in [-0.1, -0.05) is 56.3 Å². The first-order valence-electron chi connectivity index (χ1n) is 8.81. The minimum Gasteiger partial charge on any atom is -0.507 e. The third-order valence-electron chi connectivity index (χ3n) is 4.52. The van der Waals surface area contributed by atoms with Crippen molar-refractivity contribution in [2.75, 3.05) is 10.6 Å². The number of para-hydroxylation sites is 1. The molecule has 27 heavy (non-hydrogen) atoms. The summed E-state index contributed by atoms with van der Waals surface area (Å²) in [6, 6.07) is 16.0. The van der Waals surface area contributed by atoms with Gasteiger partial charge >= 0.3 is 11.8 Å². The van der Waals surface area contributed by atoms with Crippen LogP contribution < -0.4 is 10.6 Å². The van der Waals surface area contributed by atoms with E-state index < -0.39 is 11.8 Å². The van der Waals surface area contributed by atoms with Crippen LogP contribution in [0.1, 0.15) is 30.9 Å².